The Hall–Kier alpha value is -3.35. The van der Waals surface area contributed by atoms with E-state index < -0.39 is 0 Å². The van der Waals surface area contributed by atoms with E-state index in [4.69, 9.17) is 14.0 Å². The number of benzene rings is 2. The highest BCUT2D eigenvalue weighted by Crippen LogP contribution is 2.30. The first-order valence-corrected chi connectivity index (χ1v) is 9.59. The second-order valence-corrected chi connectivity index (χ2v) is 7.01. The van der Waals surface area contributed by atoms with Crippen molar-refractivity contribution in [2.45, 2.75) is 18.8 Å². The van der Waals surface area contributed by atoms with Gasteiger partial charge in [0.25, 0.3) is 5.91 Å². The highest BCUT2D eigenvalue weighted by Gasteiger charge is 2.29. The van der Waals surface area contributed by atoms with Gasteiger partial charge in [-0.15, -0.1) is 0 Å². The van der Waals surface area contributed by atoms with Crippen LogP contribution in [0.4, 0.5) is 0 Å². The van der Waals surface area contributed by atoms with Crippen molar-refractivity contribution in [2.24, 2.45) is 0 Å². The summed E-state index contributed by atoms with van der Waals surface area (Å²) in [5.41, 5.74) is 1.45. The molecule has 2 aromatic carbocycles. The van der Waals surface area contributed by atoms with E-state index in [1.54, 1.807) is 32.4 Å². The molecule has 7 heteroatoms. The molecule has 2 heterocycles. The normalized spacial score (nSPS) is 16.5. The summed E-state index contributed by atoms with van der Waals surface area (Å²) >= 11 is 0. The van der Waals surface area contributed by atoms with Gasteiger partial charge in [0.15, 0.2) is 0 Å². The van der Waals surface area contributed by atoms with Crippen LogP contribution in [0.2, 0.25) is 0 Å². The van der Waals surface area contributed by atoms with E-state index in [0.717, 1.165) is 18.4 Å². The number of aromatic nitrogens is 2. The number of amides is 1. The Balaban J connectivity index is 1.52. The van der Waals surface area contributed by atoms with Gasteiger partial charge in [-0.05, 0) is 25.0 Å². The fraction of sp³-hybridized carbons (Fsp3) is 0.318. The van der Waals surface area contributed by atoms with Gasteiger partial charge >= 0.3 is 0 Å². The highest BCUT2D eigenvalue weighted by molar-refractivity contribution is 5.95. The summed E-state index contributed by atoms with van der Waals surface area (Å²) in [5, 5.41) is 4.11. The Kier molecular flexibility index (Phi) is 5.46. The molecule has 1 aromatic heterocycles. The van der Waals surface area contributed by atoms with Crippen LogP contribution in [0.15, 0.2) is 53.1 Å². The van der Waals surface area contributed by atoms with E-state index in [-0.39, 0.29) is 11.8 Å². The quantitative estimate of drug-likeness (QED) is 0.657. The number of rotatable bonds is 5. The number of likely N-dealkylation sites (tertiary alicyclic amines) is 1. The first-order chi connectivity index (χ1) is 14.2. The third-order valence-corrected chi connectivity index (χ3v) is 5.13. The van der Waals surface area contributed by atoms with Crippen LogP contribution >= 0.6 is 0 Å². The van der Waals surface area contributed by atoms with Crippen LogP contribution in [0.25, 0.3) is 11.4 Å². The summed E-state index contributed by atoms with van der Waals surface area (Å²) in [5.74, 6) is 2.28. The SMILES string of the molecule is COc1cc(OC)cc(C(=O)N2CCCC(c3nc(-c4ccccc4)no3)C2)c1. The zero-order valence-electron chi connectivity index (χ0n) is 16.5. The smallest absolute Gasteiger partial charge is 0.254 e. The molecule has 1 unspecified atom stereocenters. The number of nitrogens with zero attached hydrogens (tertiary/aromatic N) is 3. The van der Waals surface area contributed by atoms with E-state index in [1.807, 2.05) is 35.2 Å². The summed E-state index contributed by atoms with van der Waals surface area (Å²) < 4.78 is 16.1. The van der Waals surface area contributed by atoms with Crippen LogP contribution < -0.4 is 9.47 Å². The first-order valence-electron chi connectivity index (χ1n) is 9.59. The molecule has 0 saturated carbocycles. The number of hydrogen-bond acceptors (Lipinski definition) is 6. The van der Waals surface area contributed by atoms with Gasteiger partial charge in [0, 0.05) is 30.3 Å². The summed E-state index contributed by atoms with van der Waals surface area (Å²) in [6.45, 7) is 1.23. The maximum atomic E-state index is 13.1. The van der Waals surface area contributed by atoms with E-state index >= 15 is 0 Å². The number of carbonyl (C=O) groups is 1. The lowest BCUT2D eigenvalue weighted by molar-refractivity contribution is 0.0695. The minimum atomic E-state index is -0.0605. The van der Waals surface area contributed by atoms with Gasteiger partial charge < -0.3 is 18.9 Å². The Morgan fingerprint density at radius 2 is 1.83 bits per heavy atom. The molecule has 1 amide bonds. The van der Waals surface area contributed by atoms with Gasteiger partial charge in [-0.3, -0.25) is 4.79 Å². The van der Waals surface area contributed by atoms with Gasteiger partial charge in [0.2, 0.25) is 11.7 Å². The van der Waals surface area contributed by atoms with Crippen LogP contribution in [0.5, 0.6) is 11.5 Å². The summed E-state index contributed by atoms with van der Waals surface area (Å²) in [7, 11) is 3.14. The van der Waals surface area contributed by atoms with Crippen LogP contribution in [-0.2, 0) is 0 Å². The zero-order valence-corrected chi connectivity index (χ0v) is 16.5. The number of ether oxygens (including phenoxy) is 2. The minimum Gasteiger partial charge on any atom is -0.497 e. The molecule has 0 aliphatic carbocycles. The molecule has 1 saturated heterocycles. The number of carbonyl (C=O) groups excluding carboxylic acids is 1. The average molecular weight is 393 g/mol. The summed E-state index contributed by atoms with van der Waals surface area (Å²) in [6.07, 6.45) is 1.78. The third kappa shape index (κ3) is 4.08. The number of piperidine rings is 1. The molecule has 3 aromatic rings. The van der Waals surface area contributed by atoms with E-state index in [0.29, 0.717) is 41.9 Å². The summed E-state index contributed by atoms with van der Waals surface area (Å²) in [6, 6.07) is 14.9. The van der Waals surface area contributed by atoms with Crippen molar-refractivity contribution in [3.63, 3.8) is 0 Å². The molecule has 0 spiro atoms. The average Bonchev–Trinajstić information content (AvgIpc) is 3.29. The van der Waals surface area contributed by atoms with Crippen molar-refractivity contribution in [1.29, 1.82) is 0 Å². The summed E-state index contributed by atoms with van der Waals surface area (Å²) in [4.78, 5) is 19.5. The molecule has 1 fully saturated rings. The molecular weight excluding hydrogens is 370 g/mol. The number of methoxy groups -OCH3 is 2. The predicted octanol–water partition coefficient (Wildman–Crippen LogP) is 3.77. The Bertz CT molecular complexity index is 964. The topological polar surface area (TPSA) is 77.7 Å². The van der Waals surface area contributed by atoms with Crippen molar-refractivity contribution in [3.8, 4) is 22.9 Å². The monoisotopic (exact) mass is 393 g/mol. The highest BCUT2D eigenvalue weighted by atomic mass is 16.5. The van der Waals surface area contributed by atoms with E-state index in [2.05, 4.69) is 10.1 Å². The van der Waals surface area contributed by atoms with Crippen molar-refractivity contribution in [2.75, 3.05) is 27.3 Å². The Morgan fingerprint density at radius 3 is 2.52 bits per heavy atom. The lowest BCUT2D eigenvalue weighted by Crippen LogP contribution is -2.39. The molecule has 0 radical (unpaired) electrons. The molecule has 1 aliphatic heterocycles. The largest absolute Gasteiger partial charge is 0.497 e. The molecular formula is C22H23N3O4. The lowest BCUT2D eigenvalue weighted by Gasteiger charge is -2.31. The lowest BCUT2D eigenvalue weighted by atomic mass is 9.97. The standard InChI is InChI=1S/C22H23N3O4/c1-27-18-11-17(12-19(13-18)28-2)22(26)25-10-6-9-16(14-25)21-23-20(24-29-21)15-7-4-3-5-8-15/h3-5,7-8,11-13,16H,6,9-10,14H2,1-2H3. The van der Waals surface area contributed by atoms with Crippen molar-refractivity contribution >= 4 is 5.91 Å². The molecule has 0 N–H and O–H groups in total. The van der Waals surface area contributed by atoms with Gasteiger partial charge in [-0.2, -0.15) is 4.98 Å². The zero-order chi connectivity index (χ0) is 20.2. The van der Waals surface area contributed by atoms with Crippen LogP contribution in [0.1, 0.15) is 35.0 Å². The number of hydrogen-bond donors (Lipinski definition) is 0. The van der Waals surface area contributed by atoms with Crippen LogP contribution in [-0.4, -0.2) is 48.3 Å². The molecule has 4 rings (SSSR count). The fourth-order valence-electron chi connectivity index (χ4n) is 3.58. The maximum absolute atomic E-state index is 13.1. The molecule has 150 valence electrons. The second kappa shape index (κ2) is 8.34. The van der Waals surface area contributed by atoms with Crippen molar-refractivity contribution < 1.29 is 18.8 Å². The molecule has 7 nitrogen and oxygen atoms in total. The van der Waals surface area contributed by atoms with Gasteiger partial charge in [-0.25, -0.2) is 0 Å². The fourth-order valence-corrected chi connectivity index (χ4v) is 3.58. The third-order valence-electron chi connectivity index (χ3n) is 5.13. The Morgan fingerprint density at radius 1 is 1.10 bits per heavy atom. The van der Waals surface area contributed by atoms with Crippen molar-refractivity contribution in [3.05, 3.63) is 60.0 Å². The molecule has 0 bridgehead atoms. The van der Waals surface area contributed by atoms with Crippen molar-refractivity contribution in [1.82, 2.24) is 15.0 Å². The molecule has 1 atom stereocenters. The van der Waals surface area contributed by atoms with Crippen LogP contribution in [0, 0.1) is 0 Å². The second-order valence-electron chi connectivity index (χ2n) is 7.01. The predicted molar refractivity (Wildman–Crippen MR) is 107 cm³/mol. The van der Waals surface area contributed by atoms with E-state index in [1.165, 1.54) is 0 Å². The van der Waals surface area contributed by atoms with Crippen LogP contribution in [0.3, 0.4) is 0 Å². The van der Waals surface area contributed by atoms with Gasteiger partial charge in [0.05, 0.1) is 20.1 Å². The maximum Gasteiger partial charge on any atom is 0.254 e. The van der Waals surface area contributed by atoms with E-state index in [9.17, 15) is 4.79 Å². The van der Waals surface area contributed by atoms with Gasteiger partial charge in [0.1, 0.15) is 11.5 Å². The minimum absolute atomic E-state index is 0.0187. The molecule has 29 heavy (non-hydrogen) atoms. The molecule has 1 aliphatic rings. The Labute approximate surface area is 169 Å². The first kappa shape index (κ1) is 19.0. The van der Waals surface area contributed by atoms with Gasteiger partial charge in [-0.1, -0.05) is 35.5 Å².